The maximum absolute atomic E-state index is 11.5. The number of rotatable bonds is 3. The summed E-state index contributed by atoms with van der Waals surface area (Å²) in [6.45, 7) is 1.69. The molecule has 2 rings (SSSR count). The summed E-state index contributed by atoms with van der Waals surface area (Å²) >= 11 is 5.75. The molecule has 0 saturated heterocycles. The number of hydrogen-bond acceptors (Lipinski definition) is 5. The number of aromatic nitrogens is 3. The van der Waals surface area contributed by atoms with E-state index in [0.29, 0.717) is 16.5 Å². The molecule has 2 heterocycles. The largest absolute Gasteiger partial charge is 0.361 e. The van der Waals surface area contributed by atoms with Gasteiger partial charge in [0.2, 0.25) is 0 Å². The predicted molar refractivity (Wildman–Crippen MR) is 59.9 cm³/mol. The number of hydrogen-bond donors (Lipinski definition) is 2. The van der Waals surface area contributed by atoms with Gasteiger partial charge in [-0.1, -0.05) is 16.8 Å². The Labute approximate surface area is 101 Å². The lowest BCUT2D eigenvalue weighted by atomic mass is 10.4. The molecule has 0 unspecified atom stereocenters. The van der Waals surface area contributed by atoms with Gasteiger partial charge in [0.15, 0.2) is 5.69 Å². The standard InChI is InChI=1S/C9H8ClN5O2/c1-5-2-7(15-17-5)9(16)14-12-4-8-6(10)3-11-13-8/h2-4H,1H3,(H,11,13)(H,14,16)/b12-4+. The molecule has 0 fully saturated rings. The van der Waals surface area contributed by atoms with Gasteiger partial charge in [0, 0.05) is 6.07 Å². The van der Waals surface area contributed by atoms with Crippen LogP contribution in [0.15, 0.2) is 21.9 Å². The van der Waals surface area contributed by atoms with E-state index in [1.54, 1.807) is 6.92 Å². The van der Waals surface area contributed by atoms with Gasteiger partial charge >= 0.3 is 0 Å². The Morgan fingerprint density at radius 3 is 3.12 bits per heavy atom. The lowest BCUT2D eigenvalue weighted by Crippen LogP contribution is -2.17. The Kier molecular flexibility index (Phi) is 3.20. The molecule has 88 valence electrons. The van der Waals surface area contributed by atoms with Gasteiger partial charge in [-0.3, -0.25) is 9.89 Å². The second kappa shape index (κ2) is 4.79. The molecule has 0 aliphatic rings. The van der Waals surface area contributed by atoms with E-state index in [4.69, 9.17) is 16.1 Å². The maximum atomic E-state index is 11.5. The van der Waals surface area contributed by atoms with Gasteiger partial charge in [0.05, 0.1) is 23.1 Å². The number of carbonyl (C=O) groups is 1. The number of halogens is 1. The molecule has 2 N–H and O–H groups in total. The van der Waals surface area contributed by atoms with Gasteiger partial charge in [-0.05, 0) is 6.92 Å². The van der Waals surface area contributed by atoms with E-state index in [9.17, 15) is 4.79 Å². The van der Waals surface area contributed by atoms with Crippen molar-refractivity contribution in [3.8, 4) is 0 Å². The number of aromatic amines is 1. The molecular formula is C9H8ClN5O2. The molecule has 0 aliphatic heterocycles. The van der Waals surface area contributed by atoms with Crippen molar-refractivity contribution in [2.45, 2.75) is 6.92 Å². The molecule has 0 saturated carbocycles. The van der Waals surface area contributed by atoms with Crippen LogP contribution in [0.5, 0.6) is 0 Å². The molecule has 2 aromatic heterocycles. The zero-order valence-corrected chi connectivity index (χ0v) is 9.52. The Bertz CT molecular complexity index is 559. The zero-order chi connectivity index (χ0) is 12.3. The molecule has 1 amide bonds. The van der Waals surface area contributed by atoms with Gasteiger partial charge in [-0.2, -0.15) is 10.2 Å². The quantitative estimate of drug-likeness (QED) is 0.633. The molecule has 0 bridgehead atoms. The van der Waals surface area contributed by atoms with Crippen molar-refractivity contribution < 1.29 is 9.32 Å². The lowest BCUT2D eigenvalue weighted by molar-refractivity contribution is 0.0946. The van der Waals surface area contributed by atoms with Crippen LogP contribution in [0.25, 0.3) is 0 Å². The van der Waals surface area contributed by atoms with E-state index < -0.39 is 5.91 Å². The average Bonchev–Trinajstić information content (AvgIpc) is 2.88. The van der Waals surface area contributed by atoms with Crippen molar-refractivity contribution in [3.63, 3.8) is 0 Å². The number of carbonyl (C=O) groups excluding carboxylic acids is 1. The third-order valence-corrected chi connectivity index (χ3v) is 2.14. The number of nitrogens with zero attached hydrogens (tertiary/aromatic N) is 3. The first-order valence-electron chi connectivity index (χ1n) is 4.62. The fourth-order valence-electron chi connectivity index (χ4n) is 1.06. The summed E-state index contributed by atoms with van der Waals surface area (Å²) in [6.07, 6.45) is 2.78. The van der Waals surface area contributed by atoms with Crippen LogP contribution in [-0.2, 0) is 0 Å². The highest BCUT2D eigenvalue weighted by Crippen LogP contribution is 2.08. The number of aryl methyl sites for hydroxylation is 1. The molecule has 0 spiro atoms. The van der Waals surface area contributed by atoms with Crippen LogP contribution in [-0.4, -0.2) is 27.5 Å². The first-order chi connectivity index (χ1) is 8.16. The van der Waals surface area contributed by atoms with E-state index in [-0.39, 0.29) is 5.69 Å². The second-order valence-corrected chi connectivity index (χ2v) is 3.56. The van der Waals surface area contributed by atoms with Crippen LogP contribution in [0.2, 0.25) is 5.02 Å². The SMILES string of the molecule is Cc1cc(C(=O)N/N=C/c2[nH]ncc2Cl)no1. The number of hydrazone groups is 1. The van der Waals surface area contributed by atoms with E-state index in [2.05, 4.69) is 25.9 Å². The van der Waals surface area contributed by atoms with Gasteiger partial charge in [0.1, 0.15) is 5.76 Å². The number of H-pyrrole nitrogens is 1. The summed E-state index contributed by atoms with van der Waals surface area (Å²) in [5.41, 5.74) is 2.94. The molecule has 0 atom stereocenters. The molecule has 2 aromatic rings. The Balaban J connectivity index is 1.97. The summed E-state index contributed by atoms with van der Waals surface area (Å²) in [5, 5.41) is 14.0. The highest BCUT2D eigenvalue weighted by Gasteiger charge is 2.09. The van der Waals surface area contributed by atoms with Crippen molar-refractivity contribution in [1.29, 1.82) is 0 Å². The van der Waals surface area contributed by atoms with E-state index in [1.807, 2.05) is 0 Å². The minimum Gasteiger partial charge on any atom is -0.361 e. The minimum absolute atomic E-state index is 0.162. The van der Waals surface area contributed by atoms with E-state index in [0.717, 1.165) is 0 Å². The fraction of sp³-hybridized carbons (Fsp3) is 0.111. The van der Waals surface area contributed by atoms with E-state index in [1.165, 1.54) is 18.5 Å². The third-order valence-electron chi connectivity index (χ3n) is 1.84. The van der Waals surface area contributed by atoms with E-state index >= 15 is 0 Å². The highest BCUT2D eigenvalue weighted by atomic mass is 35.5. The minimum atomic E-state index is -0.464. The van der Waals surface area contributed by atoms with Crippen molar-refractivity contribution in [3.05, 3.63) is 34.4 Å². The van der Waals surface area contributed by atoms with Crippen molar-refractivity contribution >= 4 is 23.7 Å². The fourth-order valence-corrected chi connectivity index (χ4v) is 1.20. The van der Waals surface area contributed by atoms with Gasteiger partial charge in [0.25, 0.3) is 5.91 Å². The van der Waals surface area contributed by atoms with Crippen LogP contribution in [0.4, 0.5) is 0 Å². The molecule has 0 aliphatic carbocycles. The predicted octanol–water partition coefficient (Wildman–Crippen LogP) is 1.12. The van der Waals surface area contributed by atoms with Crippen LogP contribution in [0.1, 0.15) is 21.9 Å². The van der Waals surface area contributed by atoms with Gasteiger partial charge in [-0.15, -0.1) is 0 Å². The molecule has 7 nitrogen and oxygen atoms in total. The maximum Gasteiger partial charge on any atom is 0.293 e. The third kappa shape index (κ3) is 2.70. The van der Waals surface area contributed by atoms with Crippen LogP contribution in [0, 0.1) is 6.92 Å². The Morgan fingerprint density at radius 2 is 2.53 bits per heavy atom. The second-order valence-electron chi connectivity index (χ2n) is 3.15. The van der Waals surface area contributed by atoms with Gasteiger partial charge < -0.3 is 4.52 Å². The van der Waals surface area contributed by atoms with Crippen molar-refractivity contribution in [1.82, 2.24) is 20.8 Å². The summed E-state index contributed by atoms with van der Waals surface area (Å²) < 4.78 is 4.76. The Morgan fingerprint density at radius 1 is 1.71 bits per heavy atom. The van der Waals surface area contributed by atoms with Crippen LogP contribution in [0.3, 0.4) is 0 Å². The Hall–Kier alpha value is -2.15. The summed E-state index contributed by atoms with van der Waals surface area (Å²) in [6, 6.07) is 1.51. The monoisotopic (exact) mass is 253 g/mol. The molecular weight excluding hydrogens is 246 g/mol. The normalized spacial score (nSPS) is 10.9. The molecule has 17 heavy (non-hydrogen) atoms. The lowest BCUT2D eigenvalue weighted by Gasteiger charge is -1.92. The summed E-state index contributed by atoms with van der Waals surface area (Å²) in [4.78, 5) is 11.5. The zero-order valence-electron chi connectivity index (χ0n) is 8.77. The van der Waals surface area contributed by atoms with Gasteiger partial charge in [-0.25, -0.2) is 5.43 Å². The first kappa shape index (κ1) is 11.3. The average molecular weight is 254 g/mol. The van der Waals surface area contributed by atoms with Crippen molar-refractivity contribution in [2.75, 3.05) is 0 Å². The topological polar surface area (TPSA) is 96.2 Å². The summed E-state index contributed by atoms with van der Waals surface area (Å²) in [7, 11) is 0. The summed E-state index contributed by atoms with van der Waals surface area (Å²) in [5.74, 6) is 0.0875. The molecule has 0 radical (unpaired) electrons. The molecule has 8 heteroatoms. The van der Waals surface area contributed by atoms with Crippen LogP contribution < -0.4 is 5.43 Å². The molecule has 0 aromatic carbocycles. The van der Waals surface area contributed by atoms with Crippen molar-refractivity contribution in [2.24, 2.45) is 5.10 Å². The van der Waals surface area contributed by atoms with Crippen LogP contribution >= 0.6 is 11.6 Å². The first-order valence-corrected chi connectivity index (χ1v) is 5.00. The highest BCUT2D eigenvalue weighted by molar-refractivity contribution is 6.32. The smallest absolute Gasteiger partial charge is 0.293 e. The number of nitrogens with one attached hydrogen (secondary N) is 2. The number of amides is 1.